The van der Waals surface area contributed by atoms with Crippen LogP contribution in [0.2, 0.25) is 0 Å². The third-order valence-corrected chi connectivity index (χ3v) is 4.32. The number of amides is 1. The molecule has 2 rings (SSSR count). The number of ether oxygens (including phenoxy) is 1. The number of nitrogen functional groups attached to an aromatic ring is 1. The van der Waals surface area contributed by atoms with Crippen LogP contribution in [0.25, 0.3) is 0 Å². The predicted molar refractivity (Wildman–Crippen MR) is 61.1 cm³/mol. The molecule has 0 radical (unpaired) electrons. The first-order valence-corrected chi connectivity index (χ1v) is 6.35. The second-order valence-corrected chi connectivity index (χ2v) is 5.48. The second-order valence-electron chi connectivity index (χ2n) is 3.65. The smallest absolute Gasteiger partial charge is 0.326 e. The third kappa shape index (κ3) is 1.70. The summed E-state index contributed by atoms with van der Waals surface area (Å²) >= 11 is 0. The van der Waals surface area contributed by atoms with Gasteiger partial charge in [0.15, 0.2) is 0 Å². The molecule has 18 heavy (non-hydrogen) atoms. The summed E-state index contributed by atoms with van der Waals surface area (Å²) in [5, 5.41) is 0. The standard InChI is InChI=1S/C10H10N2O5S/c1-17-9(13)5-12-10(14)7-4-6(11)2-3-8(7)18(12,15)16/h2-4H,5,11H2,1H3. The molecule has 1 aliphatic heterocycles. The van der Waals surface area contributed by atoms with Crippen molar-refractivity contribution in [3.8, 4) is 0 Å². The van der Waals surface area contributed by atoms with Crippen molar-refractivity contribution in [3.63, 3.8) is 0 Å². The number of methoxy groups -OCH3 is 1. The summed E-state index contributed by atoms with van der Waals surface area (Å²) in [5.41, 5.74) is 5.74. The van der Waals surface area contributed by atoms with Crippen molar-refractivity contribution in [3.05, 3.63) is 23.8 Å². The van der Waals surface area contributed by atoms with E-state index in [0.717, 1.165) is 7.11 Å². The van der Waals surface area contributed by atoms with E-state index in [1.807, 2.05) is 0 Å². The number of anilines is 1. The molecule has 0 atom stereocenters. The minimum atomic E-state index is -3.99. The number of nitrogens with zero attached hydrogens (tertiary/aromatic N) is 1. The van der Waals surface area contributed by atoms with Crippen LogP contribution in [-0.4, -0.2) is 38.3 Å². The fourth-order valence-corrected chi connectivity index (χ4v) is 3.13. The lowest BCUT2D eigenvalue weighted by Crippen LogP contribution is -2.35. The van der Waals surface area contributed by atoms with E-state index < -0.39 is 28.4 Å². The Morgan fingerprint density at radius 1 is 1.44 bits per heavy atom. The number of hydrogen-bond donors (Lipinski definition) is 1. The average molecular weight is 270 g/mol. The zero-order chi connectivity index (χ0) is 13.5. The molecule has 96 valence electrons. The van der Waals surface area contributed by atoms with Gasteiger partial charge in [0.05, 0.1) is 12.7 Å². The van der Waals surface area contributed by atoms with E-state index in [-0.39, 0.29) is 16.1 Å². The molecule has 0 aliphatic carbocycles. The summed E-state index contributed by atoms with van der Waals surface area (Å²) in [7, 11) is -2.88. The number of nitrogens with two attached hydrogens (primary N) is 1. The lowest BCUT2D eigenvalue weighted by Gasteiger charge is -2.12. The quantitative estimate of drug-likeness (QED) is 0.578. The first-order valence-electron chi connectivity index (χ1n) is 4.91. The van der Waals surface area contributed by atoms with Gasteiger partial charge in [-0.1, -0.05) is 0 Å². The first kappa shape index (κ1) is 12.4. The molecule has 0 saturated carbocycles. The number of sulfonamides is 1. The van der Waals surface area contributed by atoms with E-state index in [4.69, 9.17) is 5.73 Å². The monoisotopic (exact) mass is 270 g/mol. The number of carbonyl (C=O) groups excluding carboxylic acids is 2. The summed E-state index contributed by atoms with van der Waals surface area (Å²) in [6.07, 6.45) is 0. The maximum absolute atomic E-state index is 12.0. The average Bonchev–Trinajstić information content (AvgIpc) is 2.50. The number of rotatable bonds is 2. The van der Waals surface area contributed by atoms with Crippen molar-refractivity contribution in [1.29, 1.82) is 0 Å². The Labute approximate surface area is 103 Å². The van der Waals surface area contributed by atoms with Gasteiger partial charge in [-0.15, -0.1) is 0 Å². The van der Waals surface area contributed by atoms with Gasteiger partial charge in [0.1, 0.15) is 11.4 Å². The van der Waals surface area contributed by atoms with E-state index in [0.29, 0.717) is 4.31 Å². The summed E-state index contributed by atoms with van der Waals surface area (Å²) in [6, 6.07) is 3.90. The molecule has 1 heterocycles. The second kappa shape index (κ2) is 3.98. The molecule has 0 bridgehead atoms. The van der Waals surface area contributed by atoms with Crippen LogP contribution in [-0.2, 0) is 19.6 Å². The van der Waals surface area contributed by atoms with Gasteiger partial charge in [-0.2, -0.15) is 0 Å². The van der Waals surface area contributed by atoms with Crippen LogP contribution in [0.5, 0.6) is 0 Å². The molecule has 0 unspecified atom stereocenters. The van der Waals surface area contributed by atoms with Crippen LogP contribution in [0.3, 0.4) is 0 Å². The molecule has 0 aromatic heterocycles. The molecule has 0 spiro atoms. The van der Waals surface area contributed by atoms with Crippen LogP contribution >= 0.6 is 0 Å². The summed E-state index contributed by atoms with van der Waals surface area (Å²) < 4.78 is 28.9. The molecular weight excluding hydrogens is 260 g/mol. The molecule has 1 aliphatic rings. The van der Waals surface area contributed by atoms with Crippen molar-refractivity contribution >= 4 is 27.6 Å². The minimum absolute atomic E-state index is 0.0288. The molecule has 7 nitrogen and oxygen atoms in total. The number of hydrogen-bond acceptors (Lipinski definition) is 6. The Morgan fingerprint density at radius 2 is 2.11 bits per heavy atom. The van der Waals surface area contributed by atoms with Crippen molar-refractivity contribution < 1.29 is 22.7 Å². The van der Waals surface area contributed by atoms with Gasteiger partial charge in [0, 0.05) is 5.69 Å². The molecule has 0 fully saturated rings. The molecular formula is C10H10N2O5S. The van der Waals surface area contributed by atoms with Gasteiger partial charge >= 0.3 is 5.97 Å². The van der Waals surface area contributed by atoms with Gasteiger partial charge < -0.3 is 10.5 Å². The molecule has 0 saturated heterocycles. The lowest BCUT2D eigenvalue weighted by atomic mass is 10.2. The van der Waals surface area contributed by atoms with E-state index in [9.17, 15) is 18.0 Å². The van der Waals surface area contributed by atoms with Crippen LogP contribution in [0.1, 0.15) is 10.4 Å². The van der Waals surface area contributed by atoms with Crippen molar-refractivity contribution in [2.45, 2.75) is 4.90 Å². The SMILES string of the molecule is COC(=O)CN1C(=O)c2cc(N)ccc2S1(=O)=O. The zero-order valence-corrected chi connectivity index (χ0v) is 10.2. The van der Waals surface area contributed by atoms with Crippen molar-refractivity contribution in [2.75, 3.05) is 19.4 Å². The van der Waals surface area contributed by atoms with Crippen molar-refractivity contribution in [1.82, 2.24) is 4.31 Å². The Balaban J connectivity index is 2.51. The number of benzene rings is 1. The minimum Gasteiger partial charge on any atom is -0.468 e. The van der Waals surface area contributed by atoms with Gasteiger partial charge in [-0.3, -0.25) is 9.59 Å². The molecule has 8 heteroatoms. The molecule has 1 aromatic carbocycles. The Bertz CT molecular complexity index is 638. The normalized spacial score (nSPS) is 16.5. The fourth-order valence-electron chi connectivity index (χ4n) is 1.64. The highest BCUT2D eigenvalue weighted by molar-refractivity contribution is 7.90. The third-order valence-electron chi connectivity index (χ3n) is 2.53. The molecule has 1 aromatic rings. The fraction of sp³-hybridized carbons (Fsp3) is 0.200. The highest BCUT2D eigenvalue weighted by Crippen LogP contribution is 2.31. The maximum Gasteiger partial charge on any atom is 0.326 e. The van der Waals surface area contributed by atoms with E-state index in [1.165, 1.54) is 18.2 Å². The zero-order valence-electron chi connectivity index (χ0n) is 9.41. The maximum atomic E-state index is 12.0. The Kier molecular flexibility index (Phi) is 2.74. The van der Waals surface area contributed by atoms with Gasteiger partial charge in [-0.25, -0.2) is 12.7 Å². The summed E-state index contributed by atoms with van der Waals surface area (Å²) in [6.45, 7) is -0.647. The Morgan fingerprint density at radius 3 is 2.72 bits per heavy atom. The summed E-state index contributed by atoms with van der Waals surface area (Å²) in [5.74, 6) is -1.59. The van der Waals surface area contributed by atoms with Crippen LogP contribution in [0.4, 0.5) is 5.69 Å². The topological polar surface area (TPSA) is 107 Å². The number of fused-ring (bicyclic) bond motifs is 1. The number of esters is 1. The molecule has 1 amide bonds. The van der Waals surface area contributed by atoms with Crippen molar-refractivity contribution in [2.24, 2.45) is 0 Å². The van der Waals surface area contributed by atoms with Crippen LogP contribution < -0.4 is 5.73 Å². The van der Waals surface area contributed by atoms with Gasteiger partial charge in [-0.05, 0) is 18.2 Å². The Hall–Kier alpha value is -2.09. The lowest BCUT2D eigenvalue weighted by molar-refractivity contribution is -0.140. The van der Waals surface area contributed by atoms with E-state index >= 15 is 0 Å². The first-order chi connectivity index (χ1) is 8.37. The largest absolute Gasteiger partial charge is 0.468 e. The highest BCUT2D eigenvalue weighted by atomic mass is 32.2. The van der Waals surface area contributed by atoms with Crippen LogP contribution in [0, 0.1) is 0 Å². The van der Waals surface area contributed by atoms with Crippen LogP contribution in [0.15, 0.2) is 23.1 Å². The van der Waals surface area contributed by atoms with Gasteiger partial charge in [0.25, 0.3) is 15.9 Å². The highest BCUT2D eigenvalue weighted by Gasteiger charge is 2.42. The summed E-state index contributed by atoms with van der Waals surface area (Å²) in [4.78, 5) is 22.9. The van der Waals surface area contributed by atoms with E-state index in [2.05, 4.69) is 4.74 Å². The molecule has 2 N–H and O–H groups in total. The van der Waals surface area contributed by atoms with Gasteiger partial charge in [0.2, 0.25) is 0 Å². The van der Waals surface area contributed by atoms with E-state index in [1.54, 1.807) is 0 Å². The number of carbonyl (C=O) groups is 2. The predicted octanol–water partition coefficient (Wildman–Crippen LogP) is -0.414.